The summed E-state index contributed by atoms with van der Waals surface area (Å²) >= 11 is 0. The normalized spacial score (nSPS) is 27.2. The first-order valence-corrected chi connectivity index (χ1v) is 7.00. The number of nitrogens with zero attached hydrogens (tertiary/aromatic N) is 1. The molecule has 2 aliphatic heterocycles. The fourth-order valence-corrected chi connectivity index (χ4v) is 3.44. The van der Waals surface area contributed by atoms with Gasteiger partial charge in [0.25, 0.3) is 0 Å². The van der Waals surface area contributed by atoms with Crippen LogP contribution in [0.15, 0.2) is 18.2 Å². The Hall–Kier alpha value is -1.22. The van der Waals surface area contributed by atoms with Crippen molar-refractivity contribution >= 4 is 0 Å². The van der Waals surface area contributed by atoms with Crippen molar-refractivity contribution in [2.75, 3.05) is 19.7 Å². The number of phenolic OH excluding ortho intramolecular Hbond substituents is 1. The average Bonchev–Trinajstić information content (AvgIpc) is 2.40. The lowest BCUT2D eigenvalue weighted by Gasteiger charge is -2.44. The highest BCUT2D eigenvalue weighted by Gasteiger charge is 2.37. The summed E-state index contributed by atoms with van der Waals surface area (Å²) in [4.78, 5) is 2.56. The van der Waals surface area contributed by atoms with Gasteiger partial charge in [-0.15, -0.1) is 0 Å². The number of hydrogen-bond acceptors (Lipinski definition) is 3. The van der Waals surface area contributed by atoms with Gasteiger partial charge in [0.15, 0.2) is 11.5 Å². The van der Waals surface area contributed by atoms with E-state index in [0.717, 1.165) is 18.9 Å². The van der Waals surface area contributed by atoms with Crippen LogP contribution in [0, 0.1) is 0 Å². The van der Waals surface area contributed by atoms with Gasteiger partial charge in [-0.1, -0.05) is 19.1 Å². The minimum Gasteiger partial charge on any atom is -0.504 e. The molecule has 18 heavy (non-hydrogen) atoms. The van der Waals surface area contributed by atoms with Crippen LogP contribution in [0.3, 0.4) is 0 Å². The maximum Gasteiger partial charge on any atom is 0.164 e. The lowest BCUT2D eigenvalue weighted by Crippen LogP contribution is -2.49. The van der Waals surface area contributed by atoms with Crippen molar-refractivity contribution in [3.63, 3.8) is 0 Å². The third kappa shape index (κ3) is 1.87. The molecule has 2 aliphatic rings. The smallest absolute Gasteiger partial charge is 0.164 e. The highest BCUT2D eigenvalue weighted by atomic mass is 16.5. The zero-order valence-corrected chi connectivity index (χ0v) is 10.9. The number of ether oxygens (including phenoxy) is 1. The van der Waals surface area contributed by atoms with Crippen LogP contribution in [0.2, 0.25) is 0 Å². The zero-order valence-electron chi connectivity index (χ0n) is 10.9. The van der Waals surface area contributed by atoms with Gasteiger partial charge in [0.05, 0.1) is 6.04 Å². The first-order valence-electron chi connectivity index (χ1n) is 7.00. The zero-order chi connectivity index (χ0) is 12.5. The molecule has 2 heterocycles. The third-order valence-corrected chi connectivity index (χ3v) is 4.23. The number of hydrogen-bond donors (Lipinski definition) is 1. The number of para-hydroxylation sites is 1. The summed E-state index contributed by atoms with van der Waals surface area (Å²) in [7, 11) is 0. The molecule has 2 atom stereocenters. The molecule has 0 bridgehead atoms. The Balaban J connectivity index is 1.92. The standard InChI is InChI=1S/C15H21NO2/c1-2-8-16-9-4-6-11-12-5-3-7-14(17)15(12)18-10-13(11)16/h3,5,7,11,13,17H,2,4,6,8-10H2,1H3/t11-,13-/m0/s1. The number of phenols is 1. The van der Waals surface area contributed by atoms with Gasteiger partial charge < -0.3 is 9.84 Å². The average molecular weight is 247 g/mol. The van der Waals surface area contributed by atoms with E-state index in [0.29, 0.717) is 17.7 Å². The van der Waals surface area contributed by atoms with Gasteiger partial charge in [0.2, 0.25) is 0 Å². The van der Waals surface area contributed by atoms with Crippen molar-refractivity contribution in [2.24, 2.45) is 0 Å². The molecule has 3 rings (SSSR count). The first-order chi connectivity index (χ1) is 8.81. The van der Waals surface area contributed by atoms with Gasteiger partial charge in [-0.3, -0.25) is 4.90 Å². The van der Waals surface area contributed by atoms with Gasteiger partial charge in [-0.05, 0) is 38.4 Å². The molecule has 3 nitrogen and oxygen atoms in total. The number of fused-ring (bicyclic) bond motifs is 3. The molecule has 1 aromatic rings. The summed E-state index contributed by atoms with van der Waals surface area (Å²) in [6, 6.07) is 6.25. The van der Waals surface area contributed by atoms with Gasteiger partial charge in [-0.25, -0.2) is 0 Å². The monoisotopic (exact) mass is 247 g/mol. The second kappa shape index (κ2) is 4.81. The Morgan fingerprint density at radius 1 is 1.44 bits per heavy atom. The number of rotatable bonds is 2. The van der Waals surface area contributed by atoms with Crippen molar-refractivity contribution in [3.8, 4) is 11.5 Å². The number of aromatic hydroxyl groups is 1. The van der Waals surface area contributed by atoms with Crippen molar-refractivity contribution < 1.29 is 9.84 Å². The van der Waals surface area contributed by atoms with Crippen LogP contribution in [-0.4, -0.2) is 35.7 Å². The molecule has 3 heteroatoms. The summed E-state index contributed by atoms with van der Waals surface area (Å²) in [6.45, 7) is 5.29. The molecule has 1 saturated heterocycles. The molecule has 1 fully saturated rings. The minimum atomic E-state index is 0.290. The van der Waals surface area contributed by atoms with E-state index in [1.165, 1.54) is 31.4 Å². The predicted octanol–water partition coefficient (Wildman–Crippen LogP) is 2.74. The SMILES string of the molecule is CCCN1CCC[C@H]2c3cccc(O)c3OC[C@@H]21. The Kier molecular flexibility index (Phi) is 3.16. The molecular formula is C15H21NO2. The number of piperidine rings is 1. The van der Waals surface area contributed by atoms with Crippen molar-refractivity contribution in [3.05, 3.63) is 23.8 Å². The van der Waals surface area contributed by atoms with Crippen molar-refractivity contribution in [1.82, 2.24) is 4.90 Å². The lowest BCUT2D eigenvalue weighted by molar-refractivity contribution is 0.0643. The van der Waals surface area contributed by atoms with Crippen LogP contribution in [-0.2, 0) is 0 Å². The van der Waals surface area contributed by atoms with E-state index in [9.17, 15) is 5.11 Å². The molecule has 0 amide bonds. The Morgan fingerprint density at radius 3 is 3.17 bits per heavy atom. The number of benzene rings is 1. The number of likely N-dealkylation sites (tertiary alicyclic amines) is 1. The van der Waals surface area contributed by atoms with Crippen LogP contribution >= 0.6 is 0 Å². The third-order valence-electron chi connectivity index (χ3n) is 4.23. The van der Waals surface area contributed by atoms with E-state index in [2.05, 4.69) is 17.9 Å². The van der Waals surface area contributed by atoms with Crippen molar-refractivity contribution in [2.45, 2.75) is 38.1 Å². The van der Waals surface area contributed by atoms with Gasteiger partial charge in [0.1, 0.15) is 6.61 Å². The Labute approximate surface area is 108 Å². The maximum atomic E-state index is 9.88. The second-order valence-electron chi connectivity index (χ2n) is 5.36. The molecule has 0 saturated carbocycles. The van der Waals surface area contributed by atoms with Crippen LogP contribution in [0.5, 0.6) is 11.5 Å². The molecule has 0 unspecified atom stereocenters. The maximum absolute atomic E-state index is 9.88. The summed E-state index contributed by atoms with van der Waals surface area (Å²) in [5.74, 6) is 1.54. The summed E-state index contributed by atoms with van der Waals surface area (Å²) in [5, 5.41) is 9.88. The second-order valence-corrected chi connectivity index (χ2v) is 5.36. The van der Waals surface area contributed by atoms with E-state index in [1.54, 1.807) is 6.07 Å². The van der Waals surface area contributed by atoms with Crippen LogP contribution < -0.4 is 4.74 Å². The molecule has 0 aromatic heterocycles. The molecule has 1 N–H and O–H groups in total. The van der Waals surface area contributed by atoms with E-state index < -0.39 is 0 Å². The Bertz CT molecular complexity index is 431. The lowest BCUT2D eigenvalue weighted by atomic mass is 9.81. The highest BCUT2D eigenvalue weighted by molar-refractivity contribution is 5.49. The van der Waals surface area contributed by atoms with Crippen LogP contribution in [0.1, 0.15) is 37.7 Å². The van der Waals surface area contributed by atoms with E-state index in [-0.39, 0.29) is 0 Å². The van der Waals surface area contributed by atoms with Gasteiger partial charge >= 0.3 is 0 Å². The fourth-order valence-electron chi connectivity index (χ4n) is 3.44. The predicted molar refractivity (Wildman–Crippen MR) is 71.2 cm³/mol. The molecule has 1 aromatic carbocycles. The molecular weight excluding hydrogens is 226 g/mol. The van der Waals surface area contributed by atoms with Crippen LogP contribution in [0.4, 0.5) is 0 Å². The molecule has 98 valence electrons. The van der Waals surface area contributed by atoms with E-state index in [1.807, 2.05) is 6.07 Å². The summed E-state index contributed by atoms with van der Waals surface area (Å²) in [5.41, 5.74) is 1.20. The van der Waals surface area contributed by atoms with Crippen molar-refractivity contribution in [1.29, 1.82) is 0 Å². The largest absolute Gasteiger partial charge is 0.504 e. The summed E-state index contributed by atoms with van der Waals surface area (Å²) < 4.78 is 5.81. The quantitative estimate of drug-likeness (QED) is 0.872. The van der Waals surface area contributed by atoms with Gasteiger partial charge in [-0.2, -0.15) is 0 Å². The van der Waals surface area contributed by atoms with E-state index >= 15 is 0 Å². The fraction of sp³-hybridized carbons (Fsp3) is 0.600. The topological polar surface area (TPSA) is 32.7 Å². The summed E-state index contributed by atoms with van der Waals surface area (Å²) in [6.07, 6.45) is 3.65. The van der Waals surface area contributed by atoms with Gasteiger partial charge in [0, 0.05) is 11.5 Å². The van der Waals surface area contributed by atoms with E-state index in [4.69, 9.17) is 4.74 Å². The van der Waals surface area contributed by atoms with Crippen LogP contribution in [0.25, 0.3) is 0 Å². The minimum absolute atomic E-state index is 0.290. The first kappa shape index (κ1) is 11.8. The molecule has 0 spiro atoms. The Morgan fingerprint density at radius 2 is 2.33 bits per heavy atom. The highest BCUT2D eigenvalue weighted by Crippen LogP contribution is 2.44. The molecule has 0 radical (unpaired) electrons. The molecule has 0 aliphatic carbocycles.